The van der Waals surface area contributed by atoms with Crippen LogP contribution in [0.15, 0.2) is 30.3 Å². The van der Waals surface area contributed by atoms with Crippen molar-refractivity contribution >= 4 is 11.6 Å². The number of benzene rings is 1. The number of ether oxygens (including phenoxy) is 1. The van der Waals surface area contributed by atoms with Crippen LogP contribution in [0.2, 0.25) is 0 Å². The Labute approximate surface area is 126 Å². The molecule has 0 bridgehead atoms. The van der Waals surface area contributed by atoms with E-state index in [2.05, 4.69) is 22.3 Å². The minimum Gasteiger partial charge on any atom is -0.383 e. The third-order valence-corrected chi connectivity index (χ3v) is 3.77. The van der Waals surface area contributed by atoms with E-state index in [4.69, 9.17) is 4.74 Å². The lowest BCUT2D eigenvalue weighted by Crippen LogP contribution is -2.51. The van der Waals surface area contributed by atoms with Gasteiger partial charge in [0.2, 0.25) is 5.91 Å². The van der Waals surface area contributed by atoms with Crippen LogP contribution in [0.3, 0.4) is 0 Å². The summed E-state index contributed by atoms with van der Waals surface area (Å²) in [7, 11) is 1.67. The maximum absolute atomic E-state index is 12.2. The van der Waals surface area contributed by atoms with Crippen LogP contribution < -0.4 is 10.2 Å². The van der Waals surface area contributed by atoms with E-state index in [1.54, 1.807) is 7.11 Å². The highest BCUT2D eigenvalue weighted by molar-refractivity contribution is 5.78. The number of nitrogens with zero attached hydrogens (tertiary/aromatic N) is 2. The molecular formula is C16H25N3O2. The maximum atomic E-state index is 12.2. The second-order valence-electron chi connectivity index (χ2n) is 5.44. The monoisotopic (exact) mass is 291 g/mol. The topological polar surface area (TPSA) is 44.8 Å². The Bertz CT molecular complexity index is 430. The molecule has 1 fully saturated rings. The molecule has 2 rings (SSSR count). The quantitative estimate of drug-likeness (QED) is 0.848. The van der Waals surface area contributed by atoms with Crippen LogP contribution in [0.25, 0.3) is 0 Å². The molecule has 5 heteroatoms. The molecule has 0 saturated carbocycles. The van der Waals surface area contributed by atoms with Gasteiger partial charge in [-0.05, 0) is 19.1 Å². The summed E-state index contributed by atoms with van der Waals surface area (Å²) >= 11 is 0. The summed E-state index contributed by atoms with van der Waals surface area (Å²) in [5.41, 5.74) is 1.23. The number of amides is 1. The molecule has 1 aromatic rings. The van der Waals surface area contributed by atoms with Gasteiger partial charge in [-0.25, -0.2) is 0 Å². The first-order chi connectivity index (χ1) is 10.2. The molecule has 116 valence electrons. The molecule has 1 aliphatic rings. The average molecular weight is 291 g/mol. The van der Waals surface area contributed by atoms with E-state index in [9.17, 15) is 4.79 Å². The van der Waals surface area contributed by atoms with Crippen molar-refractivity contribution in [3.8, 4) is 0 Å². The van der Waals surface area contributed by atoms with Gasteiger partial charge < -0.3 is 19.9 Å². The predicted octanol–water partition coefficient (Wildman–Crippen LogP) is 0.960. The van der Waals surface area contributed by atoms with Crippen LogP contribution in [0, 0.1) is 0 Å². The van der Waals surface area contributed by atoms with Gasteiger partial charge in [0.1, 0.15) is 0 Å². The van der Waals surface area contributed by atoms with Gasteiger partial charge in [-0.2, -0.15) is 0 Å². The zero-order valence-corrected chi connectivity index (χ0v) is 12.9. The van der Waals surface area contributed by atoms with E-state index in [0.29, 0.717) is 13.2 Å². The lowest BCUT2D eigenvalue weighted by molar-refractivity contribution is -0.130. The molecule has 1 heterocycles. The minimum absolute atomic E-state index is 0.172. The van der Waals surface area contributed by atoms with Crippen LogP contribution in [-0.2, 0) is 9.53 Å². The van der Waals surface area contributed by atoms with E-state index in [-0.39, 0.29) is 11.9 Å². The van der Waals surface area contributed by atoms with E-state index >= 15 is 0 Å². The van der Waals surface area contributed by atoms with Crippen molar-refractivity contribution in [2.24, 2.45) is 0 Å². The zero-order valence-electron chi connectivity index (χ0n) is 12.9. The van der Waals surface area contributed by atoms with Crippen LogP contribution in [0.5, 0.6) is 0 Å². The molecule has 0 aromatic heterocycles. The van der Waals surface area contributed by atoms with E-state index in [0.717, 1.165) is 26.2 Å². The largest absolute Gasteiger partial charge is 0.383 e. The van der Waals surface area contributed by atoms with Gasteiger partial charge in [0.15, 0.2) is 0 Å². The highest BCUT2D eigenvalue weighted by Gasteiger charge is 2.21. The van der Waals surface area contributed by atoms with Crippen LogP contribution >= 0.6 is 0 Å². The molecule has 1 aromatic carbocycles. The number of rotatable bonds is 6. The Balaban J connectivity index is 1.74. The van der Waals surface area contributed by atoms with Gasteiger partial charge >= 0.3 is 0 Å². The zero-order chi connectivity index (χ0) is 15.1. The van der Waals surface area contributed by atoms with Gasteiger partial charge in [-0.3, -0.25) is 4.79 Å². The summed E-state index contributed by atoms with van der Waals surface area (Å²) in [6.07, 6.45) is 0. The van der Waals surface area contributed by atoms with Crippen LogP contribution in [0.1, 0.15) is 6.92 Å². The minimum atomic E-state index is 0.172. The maximum Gasteiger partial charge on any atom is 0.236 e. The first-order valence-electron chi connectivity index (χ1n) is 7.51. The molecule has 0 radical (unpaired) electrons. The molecule has 1 saturated heterocycles. The van der Waals surface area contributed by atoms with Gasteiger partial charge in [0, 0.05) is 45.0 Å². The fourth-order valence-corrected chi connectivity index (χ4v) is 2.54. The van der Waals surface area contributed by atoms with E-state index in [1.165, 1.54) is 5.69 Å². The molecule has 5 nitrogen and oxygen atoms in total. The second-order valence-corrected chi connectivity index (χ2v) is 5.44. The van der Waals surface area contributed by atoms with Crippen molar-refractivity contribution < 1.29 is 9.53 Å². The fraction of sp³-hybridized carbons (Fsp3) is 0.562. The molecular weight excluding hydrogens is 266 g/mol. The van der Waals surface area contributed by atoms with Gasteiger partial charge in [0.25, 0.3) is 0 Å². The Morgan fingerprint density at radius 3 is 2.52 bits per heavy atom. The number of para-hydroxylation sites is 1. The molecule has 0 aliphatic carbocycles. The van der Waals surface area contributed by atoms with Crippen molar-refractivity contribution in [2.75, 3.05) is 51.3 Å². The van der Waals surface area contributed by atoms with Crippen LogP contribution in [-0.4, -0.2) is 63.3 Å². The standard InChI is InChI=1S/C16H25N3O2/c1-14(13-21-2)17-12-16(20)19-10-8-18(9-11-19)15-6-4-3-5-7-15/h3-7,14,17H,8-13H2,1-2H3. The summed E-state index contributed by atoms with van der Waals surface area (Å²) in [6, 6.07) is 10.6. The van der Waals surface area contributed by atoms with Gasteiger partial charge in [-0.1, -0.05) is 18.2 Å². The lowest BCUT2D eigenvalue weighted by atomic mass is 10.2. The van der Waals surface area contributed by atoms with Gasteiger partial charge in [0.05, 0.1) is 13.2 Å². The summed E-state index contributed by atoms with van der Waals surface area (Å²) in [6.45, 7) is 6.38. The van der Waals surface area contributed by atoms with E-state index in [1.807, 2.05) is 30.0 Å². The summed E-state index contributed by atoms with van der Waals surface area (Å²) < 4.78 is 5.05. The predicted molar refractivity (Wildman–Crippen MR) is 84.6 cm³/mol. The Hall–Kier alpha value is -1.59. The van der Waals surface area contributed by atoms with Crippen molar-refractivity contribution in [2.45, 2.75) is 13.0 Å². The summed E-state index contributed by atoms with van der Waals surface area (Å²) in [5.74, 6) is 0.172. The number of carbonyl (C=O) groups is 1. The van der Waals surface area contributed by atoms with Crippen LogP contribution in [0.4, 0.5) is 5.69 Å². The van der Waals surface area contributed by atoms with Crippen molar-refractivity contribution in [3.05, 3.63) is 30.3 Å². The van der Waals surface area contributed by atoms with E-state index < -0.39 is 0 Å². The van der Waals surface area contributed by atoms with Crippen molar-refractivity contribution in [1.29, 1.82) is 0 Å². The highest BCUT2D eigenvalue weighted by atomic mass is 16.5. The molecule has 1 N–H and O–H groups in total. The second kappa shape index (κ2) is 8.00. The Morgan fingerprint density at radius 2 is 1.90 bits per heavy atom. The summed E-state index contributed by atoms with van der Waals surface area (Å²) in [5, 5.41) is 3.19. The Morgan fingerprint density at radius 1 is 1.24 bits per heavy atom. The first kappa shape index (κ1) is 15.8. The molecule has 0 spiro atoms. The number of anilines is 1. The Kier molecular flexibility index (Phi) is 6.02. The highest BCUT2D eigenvalue weighted by Crippen LogP contribution is 2.15. The third-order valence-electron chi connectivity index (χ3n) is 3.77. The molecule has 1 aliphatic heterocycles. The third kappa shape index (κ3) is 4.72. The van der Waals surface area contributed by atoms with Crippen molar-refractivity contribution in [1.82, 2.24) is 10.2 Å². The first-order valence-corrected chi connectivity index (χ1v) is 7.51. The van der Waals surface area contributed by atoms with Crippen molar-refractivity contribution in [3.63, 3.8) is 0 Å². The molecule has 1 amide bonds. The fourth-order valence-electron chi connectivity index (χ4n) is 2.54. The number of methoxy groups -OCH3 is 1. The number of hydrogen-bond donors (Lipinski definition) is 1. The summed E-state index contributed by atoms with van der Waals surface area (Å²) in [4.78, 5) is 16.4. The molecule has 1 atom stereocenters. The average Bonchev–Trinajstić information content (AvgIpc) is 2.54. The van der Waals surface area contributed by atoms with Gasteiger partial charge in [-0.15, -0.1) is 0 Å². The number of carbonyl (C=O) groups excluding carboxylic acids is 1. The lowest BCUT2D eigenvalue weighted by Gasteiger charge is -2.36. The SMILES string of the molecule is COCC(C)NCC(=O)N1CCN(c2ccccc2)CC1. The smallest absolute Gasteiger partial charge is 0.236 e. The molecule has 21 heavy (non-hydrogen) atoms. The normalized spacial score (nSPS) is 16.9. The molecule has 1 unspecified atom stereocenters. The number of piperazine rings is 1. The number of nitrogens with one attached hydrogen (secondary N) is 1. The number of hydrogen-bond acceptors (Lipinski definition) is 4.